The van der Waals surface area contributed by atoms with Gasteiger partial charge in [-0.15, -0.1) is 0 Å². The lowest BCUT2D eigenvalue weighted by molar-refractivity contribution is -0.140. The van der Waals surface area contributed by atoms with Gasteiger partial charge in [-0.25, -0.2) is 12.8 Å². The Kier molecular flexibility index (Phi) is 10.8. The third-order valence-electron chi connectivity index (χ3n) is 7.65. The molecule has 0 radical (unpaired) electrons. The van der Waals surface area contributed by atoms with Crippen LogP contribution in [-0.4, -0.2) is 57.5 Å². The molecule has 0 aliphatic carbocycles. The van der Waals surface area contributed by atoms with Crippen LogP contribution in [-0.2, 0) is 32.6 Å². The van der Waals surface area contributed by atoms with E-state index in [1.807, 2.05) is 74.5 Å². The number of carbonyl (C=O) groups excluding carboxylic acids is 2. The van der Waals surface area contributed by atoms with Gasteiger partial charge in [0.25, 0.3) is 10.0 Å². The Hall–Kier alpha value is -4.90. The van der Waals surface area contributed by atoms with Crippen molar-refractivity contribution in [1.29, 1.82) is 0 Å². The van der Waals surface area contributed by atoms with Gasteiger partial charge in [-0.3, -0.25) is 13.9 Å². The van der Waals surface area contributed by atoms with Crippen LogP contribution in [0, 0.1) is 11.7 Å². The predicted octanol–water partition coefficient (Wildman–Crippen LogP) is 5.20. The molecule has 1 aliphatic heterocycles. The second kappa shape index (κ2) is 15.1. The highest BCUT2D eigenvalue weighted by Gasteiger charge is 2.35. The summed E-state index contributed by atoms with van der Waals surface area (Å²) >= 11 is 0. The number of carbonyl (C=O) groups is 2. The van der Waals surface area contributed by atoms with E-state index < -0.39 is 34.3 Å². The quantitative estimate of drug-likeness (QED) is 0.212. The minimum atomic E-state index is -4.40. The summed E-state index contributed by atoms with van der Waals surface area (Å²) in [6, 6.07) is 26.7. The number of rotatable bonds is 13. The second-order valence-electron chi connectivity index (χ2n) is 11.6. The lowest BCUT2D eigenvalue weighted by Crippen LogP contribution is -2.53. The summed E-state index contributed by atoms with van der Waals surface area (Å²) in [5.41, 5.74) is 1.68. The molecule has 4 aromatic carbocycles. The molecular formula is C36H38FN3O6S. The van der Waals surface area contributed by atoms with Crippen molar-refractivity contribution >= 4 is 27.5 Å². The first-order chi connectivity index (χ1) is 22.6. The minimum Gasteiger partial charge on any atom is -0.486 e. The van der Waals surface area contributed by atoms with Crippen molar-refractivity contribution in [3.63, 3.8) is 0 Å². The molecule has 0 bridgehead atoms. The van der Waals surface area contributed by atoms with Gasteiger partial charge < -0.3 is 19.7 Å². The van der Waals surface area contributed by atoms with Crippen LogP contribution in [0.1, 0.15) is 25.0 Å². The van der Waals surface area contributed by atoms with Gasteiger partial charge in [0.2, 0.25) is 11.8 Å². The average Bonchev–Trinajstić information content (AvgIpc) is 3.08. The van der Waals surface area contributed by atoms with Crippen LogP contribution in [0.15, 0.2) is 108 Å². The molecule has 11 heteroatoms. The third-order valence-corrected chi connectivity index (χ3v) is 9.42. The van der Waals surface area contributed by atoms with Crippen LogP contribution < -0.4 is 19.1 Å². The molecule has 9 nitrogen and oxygen atoms in total. The fourth-order valence-electron chi connectivity index (χ4n) is 5.20. The standard InChI is InChI=1S/C36H38FN3O6S/c1-26(2)23-38-36(42)32(21-27-9-5-3-6-10-27)39(24-28-11-7-4-8-12-28)35(41)25-40(30-15-13-29(37)14-16-30)47(43,44)31-17-18-33-34(22-31)46-20-19-45-33/h3-18,22,26,32H,19-21,23-25H2,1-2H3,(H,38,42). The third kappa shape index (κ3) is 8.48. The zero-order valence-electron chi connectivity index (χ0n) is 26.3. The van der Waals surface area contributed by atoms with Crippen LogP contribution in [0.5, 0.6) is 11.5 Å². The molecule has 4 aromatic rings. The van der Waals surface area contributed by atoms with Gasteiger partial charge in [0.05, 0.1) is 10.6 Å². The molecular weight excluding hydrogens is 621 g/mol. The number of halogens is 1. The first-order valence-corrected chi connectivity index (χ1v) is 16.9. The highest BCUT2D eigenvalue weighted by molar-refractivity contribution is 7.92. The van der Waals surface area contributed by atoms with Gasteiger partial charge in [0.1, 0.15) is 31.6 Å². The van der Waals surface area contributed by atoms with E-state index in [4.69, 9.17) is 9.47 Å². The topological polar surface area (TPSA) is 105 Å². The van der Waals surface area contributed by atoms with Crippen molar-refractivity contribution in [2.75, 3.05) is 30.6 Å². The van der Waals surface area contributed by atoms with Gasteiger partial charge in [0.15, 0.2) is 11.5 Å². The molecule has 1 heterocycles. The number of fused-ring (bicyclic) bond motifs is 1. The molecule has 1 N–H and O–H groups in total. The molecule has 0 aromatic heterocycles. The Bertz CT molecular complexity index is 1770. The Balaban J connectivity index is 1.55. The van der Waals surface area contributed by atoms with Crippen molar-refractivity contribution in [3.8, 4) is 11.5 Å². The molecule has 246 valence electrons. The summed E-state index contributed by atoms with van der Waals surface area (Å²) in [7, 11) is -4.40. The maximum absolute atomic E-state index is 14.5. The number of nitrogens with one attached hydrogen (secondary N) is 1. The molecule has 0 saturated heterocycles. The summed E-state index contributed by atoms with van der Waals surface area (Å²) < 4.78 is 54.7. The highest BCUT2D eigenvalue weighted by Crippen LogP contribution is 2.34. The number of amides is 2. The Morgan fingerprint density at radius 2 is 1.45 bits per heavy atom. The maximum Gasteiger partial charge on any atom is 0.264 e. The number of sulfonamides is 1. The van der Waals surface area contributed by atoms with Crippen LogP contribution in [0.4, 0.5) is 10.1 Å². The van der Waals surface area contributed by atoms with E-state index in [1.54, 1.807) is 0 Å². The molecule has 0 spiro atoms. The molecule has 2 amide bonds. The number of benzene rings is 4. The van der Waals surface area contributed by atoms with Crippen LogP contribution in [0.3, 0.4) is 0 Å². The average molecular weight is 660 g/mol. The molecule has 0 fully saturated rings. The van der Waals surface area contributed by atoms with Crippen molar-refractivity contribution < 1.29 is 31.9 Å². The predicted molar refractivity (Wildman–Crippen MR) is 177 cm³/mol. The van der Waals surface area contributed by atoms with E-state index in [0.717, 1.165) is 27.6 Å². The van der Waals surface area contributed by atoms with Crippen molar-refractivity contribution in [2.24, 2.45) is 5.92 Å². The van der Waals surface area contributed by atoms with Crippen LogP contribution in [0.2, 0.25) is 0 Å². The molecule has 1 aliphatic rings. The van der Waals surface area contributed by atoms with E-state index in [2.05, 4.69) is 5.32 Å². The van der Waals surface area contributed by atoms with Gasteiger partial charge in [-0.05, 0) is 53.4 Å². The highest BCUT2D eigenvalue weighted by atomic mass is 32.2. The summed E-state index contributed by atoms with van der Waals surface area (Å²) in [5, 5.41) is 2.97. The van der Waals surface area contributed by atoms with Crippen molar-refractivity contribution in [1.82, 2.24) is 10.2 Å². The van der Waals surface area contributed by atoms with Crippen LogP contribution in [0.25, 0.3) is 0 Å². The van der Waals surface area contributed by atoms with E-state index >= 15 is 0 Å². The van der Waals surface area contributed by atoms with Gasteiger partial charge in [0, 0.05) is 25.6 Å². The summed E-state index contributed by atoms with van der Waals surface area (Å²) in [6.45, 7) is 4.34. The second-order valence-corrected chi connectivity index (χ2v) is 13.5. The Morgan fingerprint density at radius 1 is 0.830 bits per heavy atom. The molecule has 0 saturated carbocycles. The van der Waals surface area contributed by atoms with Crippen LogP contribution >= 0.6 is 0 Å². The summed E-state index contributed by atoms with van der Waals surface area (Å²) in [6.07, 6.45) is 0.203. The number of hydrogen-bond acceptors (Lipinski definition) is 6. The largest absolute Gasteiger partial charge is 0.486 e. The SMILES string of the molecule is CC(C)CNC(=O)C(Cc1ccccc1)N(Cc1ccccc1)C(=O)CN(c1ccc(F)cc1)S(=O)(=O)c1ccc2c(c1)OCCO2. The van der Waals surface area contributed by atoms with E-state index in [-0.39, 0.29) is 47.7 Å². The zero-order valence-corrected chi connectivity index (χ0v) is 27.2. The van der Waals surface area contributed by atoms with E-state index in [1.165, 1.54) is 35.2 Å². The molecule has 1 unspecified atom stereocenters. The summed E-state index contributed by atoms with van der Waals surface area (Å²) in [4.78, 5) is 29.6. The number of nitrogens with zero attached hydrogens (tertiary/aromatic N) is 2. The minimum absolute atomic E-state index is 0.0492. The van der Waals surface area contributed by atoms with Crippen molar-refractivity contribution in [2.45, 2.75) is 37.8 Å². The smallest absolute Gasteiger partial charge is 0.264 e. The zero-order chi connectivity index (χ0) is 33.4. The maximum atomic E-state index is 14.5. The fourth-order valence-corrected chi connectivity index (χ4v) is 6.63. The monoisotopic (exact) mass is 659 g/mol. The number of hydrogen-bond donors (Lipinski definition) is 1. The normalized spacial score (nSPS) is 13.1. The summed E-state index contributed by atoms with van der Waals surface area (Å²) in [5.74, 6) is -0.690. The number of anilines is 1. The molecule has 5 rings (SSSR count). The Morgan fingerprint density at radius 3 is 2.09 bits per heavy atom. The van der Waals surface area contributed by atoms with E-state index in [9.17, 15) is 22.4 Å². The molecule has 1 atom stereocenters. The van der Waals surface area contributed by atoms with Gasteiger partial charge in [-0.1, -0.05) is 74.5 Å². The van der Waals surface area contributed by atoms with E-state index in [0.29, 0.717) is 18.9 Å². The van der Waals surface area contributed by atoms with Gasteiger partial charge in [-0.2, -0.15) is 0 Å². The molecule has 47 heavy (non-hydrogen) atoms. The fraction of sp³-hybridized carbons (Fsp3) is 0.278. The first kappa shape index (κ1) is 33.5. The first-order valence-electron chi connectivity index (χ1n) is 15.4. The van der Waals surface area contributed by atoms with Crippen molar-refractivity contribution in [3.05, 3.63) is 120 Å². The van der Waals surface area contributed by atoms with Gasteiger partial charge >= 0.3 is 0 Å². The number of ether oxygens (including phenoxy) is 2. The Labute approximate surface area is 275 Å². The lowest BCUT2D eigenvalue weighted by atomic mass is 10.0. The lowest BCUT2D eigenvalue weighted by Gasteiger charge is -2.34.